The van der Waals surface area contributed by atoms with Gasteiger partial charge in [0.05, 0.1) is 12.2 Å². The minimum Gasteiger partial charge on any atom is -0.461 e. The molecule has 20 heavy (non-hydrogen) atoms. The first-order valence-corrected chi connectivity index (χ1v) is 6.10. The number of hydrogen-bond acceptors (Lipinski definition) is 7. The molecule has 0 spiro atoms. The van der Waals surface area contributed by atoms with E-state index < -0.39 is 37.3 Å². The summed E-state index contributed by atoms with van der Waals surface area (Å²) in [6, 6.07) is 6.30. The maximum atomic E-state index is 10.9. The molecule has 0 saturated carbocycles. The lowest BCUT2D eigenvalue weighted by Gasteiger charge is -2.39. The van der Waals surface area contributed by atoms with Gasteiger partial charge in [-0.15, -0.1) is 0 Å². The second-order valence-corrected chi connectivity index (χ2v) is 4.47. The van der Waals surface area contributed by atoms with E-state index in [9.17, 15) is 20.1 Å². The zero-order valence-electron chi connectivity index (χ0n) is 10.5. The molecule has 0 radical (unpaired) electrons. The molecule has 1 saturated heterocycles. The number of hydrogen-bond donors (Lipinski definition) is 4. The molecule has 110 valence electrons. The van der Waals surface area contributed by atoms with Crippen LogP contribution in [0, 0.1) is 0 Å². The molecule has 0 amide bonds. The molecule has 0 aliphatic carbocycles. The number of aldehydes is 1. The van der Waals surface area contributed by atoms with E-state index in [1.54, 1.807) is 12.1 Å². The number of ether oxygens (including phenoxy) is 2. The Labute approximate surface area is 115 Å². The Morgan fingerprint density at radius 1 is 1.15 bits per heavy atom. The average Bonchev–Trinajstić information content (AvgIpc) is 2.48. The van der Waals surface area contributed by atoms with Gasteiger partial charge in [-0.25, -0.2) is 0 Å². The monoisotopic (exact) mass is 284 g/mol. The van der Waals surface area contributed by atoms with Crippen LogP contribution in [-0.4, -0.2) is 64.0 Å². The number of carbonyl (C=O) groups excluding carboxylic acids is 1. The van der Waals surface area contributed by atoms with Crippen LogP contribution in [0.1, 0.15) is 10.4 Å². The van der Waals surface area contributed by atoms with Crippen LogP contribution >= 0.6 is 0 Å². The van der Waals surface area contributed by atoms with E-state index in [4.69, 9.17) is 14.6 Å². The van der Waals surface area contributed by atoms with Crippen molar-refractivity contribution in [2.45, 2.75) is 30.7 Å². The second-order valence-electron chi connectivity index (χ2n) is 4.47. The van der Waals surface area contributed by atoms with E-state index in [0.717, 1.165) is 0 Å². The summed E-state index contributed by atoms with van der Waals surface area (Å²) in [5, 5.41) is 38.1. The molecular formula is C13H16O7. The van der Waals surface area contributed by atoms with Crippen LogP contribution in [0.15, 0.2) is 24.3 Å². The molecule has 0 aromatic heterocycles. The molecule has 4 N–H and O–H groups in total. The van der Waals surface area contributed by atoms with Crippen LogP contribution in [0.3, 0.4) is 0 Å². The molecule has 7 heteroatoms. The summed E-state index contributed by atoms with van der Waals surface area (Å²) < 4.78 is 10.5. The van der Waals surface area contributed by atoms with Crippen LogP contribution in [0.25, 0.3) is 0 Å². The minimum absolute atomic E-state index is 0.173. The molecule has 1 heterocycles. The summed E-state index contributed by atoms with van der Waals surface area (Å²) in [5.74, 6) is 0.173. The lowest BCUT2D eigenvalue weighted by atomic mass is 9.99. The molecule has 1 aromatic rings. The topological polar surface area (TPSA) is 116 Å². The summed E-state index contributed by atoms with van der Waals surface area (Å²) in [5.41, 5.74) is 0.254. The maximum Gasteiger partial charge on any atom is 0.229 e. The number of carbonyl (C=O) groups is 1. The lowest BCUT2D eigenvalue weighted by molar-refractivity contribution is -0.277. The van der Waals surface area contributed by atoms with Gasteiger partial charge in [0.1, 0.15) is 30.2 Å². The van der Waals surface area contributed by atoms with Crippen molar-refractivity contribution in [3.05, 3.63) is 29.8 Å². The van der Waals surface area contributed by atoms with Gasteiger partial charge >= 0.3 is 0 Å². The lowest BCUT2D eigenvalue weighted by Crippen LogP contribution is -2.60. The van der Waals surface area contributed by atoms with Gasteiger partial charge in [0.15, 0.2) is 6.29 Å². The Hall–Kier alpha value is -1.51. The molecule has 0 unspecified atom stereocenters. The fourth-order valence-corrected chi connectivity index (χ4v) is 1.98. The zero-order chi connectivity index (χ0) is 14.7. The van der Waals surface area contributed by atoms with Gasteiger partial charge < -0.3 is 29.9 Å². The van der Waals surface area contributed by atoms with E-state index in [-0.39, 0.29) is 11.3 Å². The highest BCUT2D eigenvalue weighted by atomic mass is 16.7. The van der Waals surface area contributed by atoms with Gasteiger partial charge in [-0.2, -0.15) is 0 Å². The number of rotatable bonds is 4. The Bertz CT molecular complexity index is 462. The predicted octanol–water partition coefficient (Wildman–Crippen LogP) is -1.32. The van der Waals surface area contributed by atoms with Crippen LogP contribution in [-0.2, 0) is 4.74 Å². The van der Waals surface area contributed by atoms with Crippen molar-refractivity contribution in [3.63, 3.8) is 0 Å². The summed E-state index contributed by atoms with van der Waals surface area (Å²) in [6.45, 7) is -0.542. The van der Waals surface area contributed by atoms with Crippen LogP contribution in [0.2, 0.25) is 0 Å². The van der Waals surface area contributed by atoms with E-state index >= 15 is 0 Å². The third-order valence-electron chi connectivity index (χ3n) is 3.14. The third-order valence-corrected chi connectivity index (χ3v) is 3.14. The summed E-state index contributed by atoms with van der Waals surface area (Å²) in [6.07, 6.45) is -6.24. The summed E-state index contributed by atoms with van der Waals surface area (Å²) in [7, 11) is 0. The van der Waals surface area contributed by atoms with Gasteiger partial charge in [-0.1, -0.05) is 12.1 Å². The van der Waals surface area contributed by atoms with Gasteiger partial charge in [0.25, 0.3) is 0 Å². The fraction of sp³-hybridized carbons (Fsp3) is 0.462. The molecule has 0 bridgehead atoms. The SMILES string of the molecule is O=Cc1ccccc1O[C@@H]1O[C@H](CO)[C@@H](O)[C@@H](O)[C@H]1O. The number of aliphatic hydroxyl groups excluding tert-OH is 4. The number of benzene rings is 1. The van der Waals surface area contributed by atoms with Gasteiger partial charge in [-0.05, 0) is 12.1 Å². The van der Waals surface area contributed by atoms with Crippen molar-refractivity contribution in [2.75, 3.05) is 6.61 Å². The quantitative estimate of drug-likeness (QED) is 0.507. The molecule has 1 fully saturated rings. The van der Waals surface area contributed by atoms with Gasteiger partial charge in [0, 0.05) is 0 Å². The Morgan fingerprint density at radius 2 is 1.85 bits per heavy atom. The zero-order valence-corrected chi connectivity index (χ0v) is 10.5. The normalized spacial score (nSPS) is 33.7. The molecule has 5 atom stereocenters. The predicted molar refractivity (Wildman–Crippen MR) is 66.2 cm³/mol. The van der Waals surface area contributed by atoms with E-state index in [2.05, 4.69) is 0 Å². The highest BCUT2D eigenvalue weighted by molar-refractivity contribution is 5.79. The Morgan fingerprint density at radius 3 is 2.50 bits per heavy atom. The maximum absolute atomic E-state index is 10.9. The first kappa shape index (κ1) is 14.9. The van der Waals surface area contributed by atoms with Crippen LogP contribution in [0.5, 0.6) is 5.75 Å². The van der Waals surface area contributed by atoms with Crippen molar-refractivity contribution in [3.8, 4) is 5.75 Å². The van der Waals surface area contributed by atoms with Crippen molar-refractivity contribution in [1.29, 1.82) is 0 Å². The van der Waals surface area contributed by atoms with Crippen molar-refractivity contribution in [1.82, 2.24) is 0 Å². The van der Waals surface area contributed by atoms with Crippen molar-refractivity contribution < 1.29 is 34.7 Å². The van der Waals surface area contributed by atoms with Gasteiger partial charge in [-0.3, -0.25) is 4.79 Å². The molecule has 7 nitrogen and oxygen atoms in total. The van der Waals surface area contributed by atoms with E-state index in [0.29, 0.717) is 6.29 Å². The minimum atomic E-state index is -1.52. The first-order chi connectivity index (χ1) is 9.58. The van der Waals surface area contributed by atoms with E-state index in [1.807, 2.05) is 0 Å². The fourth-order valence-electron chi connectivity index (χ4n) is 1.98. The number of para-hydroxylation sites is 1. The standard InChI is InChI=1S/C13H16O7/c14-5-7-3-1-2-4-8(7)19-13-12(18)11(17)10(16)9(6-15)20-13/h1-5,9-13,15-18H,6H2/t9-,10-,11-,12-,13-/m1/s1. The first-order valence-electron chi connectivity index (χ1n) is 6.10. The van der Waals surface area contributed by atoms with Crippen molar-refractivity contribution in [2.24, 2.45) is 0 Å². The number of aliphatic hydroxyl groups is 4. The molecule has 1 aliphatic rings. The Balaban J connectivity index is 2.17. The Kier molecular flexibility index (Phi) is 4.69. The summed E-state index contributed by atoms with van der Waals surface area (Å²) >= 11 is 0. The molecule has 1 aromatic carbocycles. The molecular weight excluding hydrogens is 268 g/mol. The van der Waals surface area contributed by atoms with Gasteiger partial charge in [0.2, 0.25) is 6.29 Å². The average molecular weight is 284 g/mol. The van der Waals surface area contributed by atoms with Crippen molar-refractivity contribution >= 4 is 6.29 Å². The van der Waals surface area contributed by atoms with Crippen LogP contribution < -0.4 is 4.74 Å². The largest absolute Gasteiger partial charge is 0.461 e. The second kappa shape index (κ2) is 6.29. The highest BCUT2D eigenvalue weighted by Crippen LogP contribution is 2.25. The van der Waals surface area contributed by atoms with E-state index in [1.165, 1.54) is 12.1 Å². The summed E-state index contributed by atoms with van der Waals surface area (Å²) in [4.78, 5) is 10.9. The molecule has 2 rings (SSSR count). The highest BCUT2D eigenvalue weighted by Gasteiger charge is 2.44. The third kappa shape index (κ3) is 2.82. The molecule has 1 aliphatic heterocycles. The van der Waals surface area contributed by atoms with Crippen LogP contribution in [0.4, 0.5) is 0 Å². The smallest absolute Gasteiger partial charge is 0.229 e.